The highest BCUT2D eigenvalue weighted by molar-refractivity contribution is 6.06. The first-order chi connectivity index (χ1) is 10.5. The van der Waals surface area contributed by atoms with Crippen molar-refractivity contribution >= 4 is 17.9 Å². The van der Waals surface area contributed by atoms with Gasteiger partial charge in [0.1, 0.15) is 5.54 Å². The second-order valence-corrected chi connectivity index (χ2v) is 6.11. The second kappa shape index (κ2) is 6.98. The monoisotopic (exact) mass is 309 g/mol. The van der Waals surface area contributed by atoms with Crippen LogP contribution in [-0.4, -0.2) is 54.0 Å². The summed E-state index contributed by atoms with van der Waals surface area (Å²) in [5, 5.41) is 9.30. The number of rotatable bonds is 7. The number of imide groups is 1. The van der Waals surface area contributed by atoms with Crippen LogP contribution in [0, 0.1) is 0 Å². The molecule has 7 nitrogen and oxygen atoms in total. The number of urea groups is 1. The summed E-state index contributed by atoms with van der Waals surface area (Å²) in [5.41, 5.74) is -0.747. The summed E-state index contributed by atoms with van der Waals surface area (Å²) in [6, 6.07) is 0.260. The van der Waals surface area contributed by atoms with E-state index >= 15 is 0 Å². The van der Waals surface area contributed by atoms with Gasteiger partial charge in [0, 0.05) is 25.7 Å². The molecule has 2 fully saturated rings. The van der Waals surface area contributed by atoms with E-state index in [1.807, 2.05) is 13.8 Å². The lowest BCUT2D eigenvalue weighted by molar-refractivity contribution is -0.130. The van der Waals surface area contributed by atoms with E-state index in [0.717, 1.165) is 12.5 Å². The van der Waals surface area contributed by atoms with Crippen LogP contribution in [0.15, 0.2) is 4.99 Å². The van der Waals surface area contributed by atoms with E-state index < -0.39 is 5.54 Å². The SMILES string of the molecule is CCNC(=NCCCN1C(=O)NC(C)(CC)C1=O)NC1CC1. The largest absolute Gasteiger partial charge is 0.357 e. The van der Waals surface area contributed by atoms with Gasteiger partial charge in [-0.25, -0.2) is 4.79 Å². The Morgan fingerprint density at radius 3 is 2.68 bits per heavy atom. The van der Waals surface area contributed by atoms with Crippen molar-refractivity contribution < 1.29 is 9.59 Å². The van der Waals surface area contributed by atoms with Crippen molar-refractivity contribution in [3.8, 4) is 0 Å². The minimum atomic E-state index is -0.747. The van der Waals surface area contributed by atoms with E-state index in [9.17, 15) is 9.59 Å². The van der Waals surface area contributed by atoms with Crippen LogP contribution in [0.3, 0.4) is 0 Å². The van der Waals surface area contributed by atoms with E-state index in [1.165, 1.54) is 17.7 Å². The highest BCUT2D eigenvalue weighted by Crippen LogP contribution is 2.21. The molecule has 0 spiro atoms. The first kappa shape index (κ1) is 16.6. The van der Waals surface area contributed by atoms with Gasteiger partial charge >= 0.3 is 6.03 Å². The third-order valence-corrected chi connectivity index (χ3v) is 4.12. The minimum Gasteiger partial charge on any atom is -0.357 e. The average Bonchev–Trinajstić information content (AvgIpc) is 3.26. The summed E-state index contributed by atoms with van der Waals surface area (Å²) in [4.78, 5) is 29.9. The highest BCUT2D eigenvalue weighted by Gasteiger charge is 2.45. The fraction of sp³-hybridized carbons (Fsp3) is 0.800. The smallest absolute Gasteiger partial charge is 0.325 e. The van der Waals surface area contributed by atoms with Crippen molar-refractivity contribution in [1.82, 2.24) is 20.9 Å². The molecule has 0 aromatic heterocycles. The third-order valence-electron chi connectivity index (χ3n) is 4.12. The fourth-order valence-electron chi connectivity index (χ4n) is 2.35. The lowest BCUT2D eigenvalue weighted by Gasteiger charge is -2.19. The summed E-state index contributed by atoms with van der Waals surface area (Å²) in [7, 11) is 0. The molecule has 1 aliphatic carbocycles. The van der Waals surface area contributed by atoms with Crippen LogP contribution in [0.4, 0.5) is 4.79 Å². The first-order valence-electron chi connectivity index (χ1n) is 8.19. The standard InChI is InChI=1S/C15H27N5O2/c1-4-15(3)12(21)20(14(22)19-15)10-6-9-17-13(16-5-2)18-11-7-8-11/h11H,4-10H2,1-3H3,(H,19,22)(H2,16,17,18). The molecule has 0 aromatic carbocycles. The number of guanidine groups is 1. The molecule has 1 unspecified atom stereocenters. The Hall–Kier alpha value is -1.79. The molecule has 0 radical (unpaired) electrons. The minimum absolute atomic E-state index is 0.132. The van der Waals surface area contributed by atoms with Crippen LogP contribution in [0.5, 0.6) is 0 Å². The summed E-state index contributed by atoms with van der Waals surface area (Å²) in [6.45, 7) is 7.52. The Morgan fingerprint density at radius 1 is 1.41 bits per heavy atom. The number of carbonyl (C=O) groups is 2. The van der Waals surface area contributed by atoms with Gasteiger partial charge in [-0.15, -0.1) is 0 Å². The van der Waals surface area contributed by atoms with E-state index in [2.05, 4.69) is 20.9 Å². The van der Waals surface area contributed by atoms with E-state index in [-0.39, 0.29) is 11.9 Å². The molecule has 1 saturated heterocycles. The maximum absolute atomic E-state index is 12.2. The predicted octanol–water partition coefficient (Wildman–Crippen LogP) is 0.815. The van der Waals surface area contributed by atoms with Gasteiger partial charge < -0.3 is 16.0 Å². The van der Waals surface area contributed by atoms with Crippen molar-refractivity contribution in [2.75, 3.05) is 19.6 Å². The number of nitrogens with one attached hydrogen (secondary N) is 3. The van der Waals surface area contributed by atoms with E-state index in [4.69, 9.17) is 0 Å². The molecule has 0 aromatic rings. The van der Waals surface area contributed by atoms with E-state index in [0.29, 0.717) is 32.0 Å². The predicted molar refractivity (Wildman–Crippen MR) is 85.7 cm³/mol. The zero-order chi connectivity index (χ0) is 16.2. The van der Waals surface area contributed by atoms with Gasteiger partial charge in [-0.2, -0.15) is 0 Å². The number of aliphatic imine (C=N–C) groups is 1. The fourth-order valence-corrected chi connectivity index (χ4v) is 2.35. The van der Waals surface area contributed by atoms with Crippen LogP contribution in [0.25, 0.3) is 0 Å². The van der Waals surface area contributed by atoms with Gasteiger partial charge in [-0.1, -0.05) is 6.92 Å². The highest BCUT2D eigenvalue weighted by atomic mass is 16.2. The molecule has 7 heteroatoms. The lowest BCUT2D eigenvalue weighted by atomic mass is 9.99. The quantitative estimate of drug-likeness (QED) is 0.281. The number of amides is 3. The molecule has 1 aliphatic heterocycles. The molecule has 1 saturated carbocycles. The topological polar surface area (TPSA) is 85.8 Å². The number of hydrogen-bond donors (Lipinski definition) is 3. The zero-order valence-electron chi connectivity index (χ0n) is 13.7. The molecule has 22 heavy (non-hydrogen) atoms. The molecule has 2 rings (SSSR count). The van der Waals surface area contributed by atoms with Crippen LogP contribution in [-0.2, 0) is 4.79 Å². The Balaban J connectivity index is 1.79. The summed E-state index contributed by atoms with van der Waals surface area (Å²) in [6.07, 6.45) is 3.66. The van der Waals surface area contributed by atoms with Crippen LogP contribution in [0.2, 0.25) is 0 Å². The molecular weight excluding hydrogens is 282 g/mol. The number of carbonyl (C=O) groups excluding carboxylic acids is 2. The Bertz CT molecular complexity index is 461. The average molecular weight is 309 g/mol. The summed E-state index contributed by atoms with van der Waals surface area (Å²) in [5.74, 6) is 0.688. The molecule has 124 valence electrons. The Kier molecular flexibility index (Phi) is 5.26. The van der Waals surface area contributed by atoms with Gasteiger partial charge in [0.25, 0.3) is 5.91 Å². The van der Waals surface area contributed by atoms with Crippen molar-refractivity contribution in [1.29, 1.82) is 0 Å². The van der Waals surface area contributed by atoms with Crippen LogP contribution < -0.4 is 16.0 Å². The second-order valence-electron chi connectivity index (χ2n) is 6.11. The van der Waals surface area contributed by atoms with Gasteiger partial charge in [-0.3, -0.25) is 14.7 Å². The van der Waals surface area contributed by atoms with Gasteiger partial charge in [-0.05, 0) is 39.5 Å². The van der Waals surface area contributed by atoms with Crippen molar-refractivity contribution in [3.63, 3.8) is 0 Å². The van der Waals surface area contributed by atoms with Crippen LogP contribution in [0.1, 0.15) is 46.5 Å². The van der Waals surface area contributed by atoms with E-state index in [1.54, 1.807) is 6.92 Å². The molecule has 2 aliphatic rings. The molecule has 1 heterocycles. The van der Waals surface area contributed by atoms with Crippen molar-refractivity contribution in [2.24, 2.45) is 4.99 Å². The van der Waals surface area contributed by atoms with Gasteiger partial charge in [0.15, 0.2) is 5.96 Å². The maximum atomic E-state index is 12.2. The lowest BCUT2D eigenvalue weighted by Crippen LogP contribution is -2.43. The van der Waals surface area contributed by atoms with Gasteiger partial charge in [0.05, 0.1) is 0 Å². The third kappa shape index (κ3) is 3.90. The number of nitrogens with zero attached hydrogens (tertiary/aromatic N) is 2. The zero-order valence-corrected chi connectivity index (χ0v) is 13.7. The molecule has 3 N–H and O–H groups in total. The van der Waals surface area contributed by atoms with Crippen LogP contribution >= 0.6 is 0 Å². The normalized spacial score (nSPS) is 25.4. The maximum Gasteiger partial charge on any atom is 0.325 e. The molecule has 3 amide bonds. The molecular formula is C15H27N5O2. The van der Waals surface area contributed by atoms with Crippen molar-refractivity contribution in [3.05, 3.63) is 0 Å². The Labute approximate surface area is 131 Å². The molecule has 1 atom stereocenters. The Morgan fingerprint density at radius 2 is 2.14 bits per heavy atom. The first-order valence-corrected chi connectivity index (χ1v) is 8.19. The van der Waals surface area contributed by atoms with Crippen molar-refractivity contribution in [2.45, 2.75) is 58.0 Å². The van der Waals surface area contributed by atoms with Gasteiger partial charge in [0.2, 0.25) is 0 Å². The summed E-state index contributed by atoms with van der Waals surface area (Å²) < 4.78 is 0. The molecule has 0 bridgehead atoms. The summed E-state index contributed by atoms with van der Waals surface area (Å²) >= 11 is 0. The number of hydrogen-bond acceptors (Lipinski definition) is 3.